The molecular formula is C18H28N2. The van der Waals surface area contributed by atoms with E-state index in [9.17, 15) is 0 Å². The Morgan fingerprint density at radius 3 is 2.25 bits per heavy atom. The van der Waals surface area contributed by atoms with Crippen LogP contribution in [0.4, 0.5) is 0 Å². The quantitative estimate of drug-likeness (QED) is 0.689. The average Bonchev–Trinajstić information content (AvgIpc) is 2.35. The van der Waals surface area contributed by atoms with Crippen LogP contribution in [0, 0.1) is 26.2 Å². The first-order chi connectivity index (χ1) is 9.27. The van der Waals surface area contributed by atoms with E-state index in [1.807, 2.05) is 20.8 Å². The Bertz CT molecular complexity index is 510. The minimum Gasteiger partial charge on any atom is -0.255 e. The van der Waals surface area contributed by atoms with Crippen LogP contribution >= 0.6 is 0 Å². The van der Waals surface area contributed by atoms with Gasteiger partial charge in [-0.25, -0.2) is 0 Å². The summed E-state index contributed by atoms with van der Waals surface area (Å²) in [6, 6.07) is 0. The van der Waals surface area contributed by atoms with Crippen LogP contribution in [0.15, 0.2) is 24.3 Å². The first-order valence-electron chi connectivity index (χ1n) is 7.35. The van der Waals surface area contributed by atoms with Gasteiger partial charge in [-0.05, 0) is 52.9 Å². The minimum atomic E-state index is 0.0765. The molecule has 1 aromatic rings. The maximum absolute atomic E-state index is 4.72. The van der Waals surface area contributed by atoms with Gasteiger partial charge in [0.1, 0.15) is 0 Å². The fourth-order valence-corrected chi connectivity index (χ4v) is 2.26. The second-order valence-corrected chi connectivity index (χ2v) is 6.28. The topological polar surface area (TPSA) is 25.8 Å². The molecule has 0 radical (unpaired) electrons. The highest BCUT2D eigenvalue weighted by molar-refractivity contribution is 5.20. The molecule has 0 aromatic carbocycles. The number of aryl methyl sites for hydroxylation is 3. The summed E-state index contributed by atoms with van der Waals surface area (Å²) in [5.41, 5.74) is 5.65. The van der Waals surface area contributed by atoms with Gasteiger partial charge in [0.05, 0.1) is 22.8 Å². The number of allylic oxidation sites excluding steroid dienone is 3. The Hall–Kier alpha value is -1.44. The normalized spacial score (nSPS) is 13.7. The van der Waals surface area contributed by atoms with Crippen LogP contribution in [0.1, 0.15) is 56.4 Å². The first-order valence-corrected chi connectivity index (χ1v) is 7.35. The number of hydrogen-bond donors (Lipinski definition) is 0. The number of hydrogen-bond acceptors (Lipinski definition) is 2. The molecule has 1 heterocycles. The van der Waals surface area contributed by atoms with Gasteiger partial charge >= 0.3 is 0 Å². The molecule has 0 fully saturated rings. The third kappa shape index (κ3) is 4.59. The standard InChI is InChI=1S/C18H28N2/c1-8-18(7,11-9-10-13(2)3)12-17-16(6)19-14(4)15(5)20-17/h8,10H,1,9,11-12H2,2-7H3. The van der Waals surface area contributed by atoms with Gasteiger partial charge in [0.2, 0.25) is 0 Å². The predicted octanol–water partition coefficient (Wildman–Crippen LogP) is 4.88. The van der Waals surface area contributed by atoms with Gasteiger partial charge in [0.15, 0.2) is 0 Å². The maximum atomic E-state index is 4.72. The molecule has 1 aromatic heterocycles. The van der Waals surface area contributed by atoms with Gasteiger partial charge in [0, 0.05) is 6.42 Å². The summed E-state index contributed by atoms with van der Waals surface area (Å²) in [4.78, 5) is 9.31. The van der Waals surface area contributed by atoms with Gasteiger partial charge in [-0.2, -0.15) is 0 Å². The van der Waals surface area contributed by atoms with Crippen molar-refractivity contribution in [3.8, 4) is 0 Å². The molecule has 0 aliphatic rings. The van der Waals surface area contributed by atoms with Crippen molar-refractivity contribution >= 4 is 0 Å². The van der Waals surface area contributed by atoms with Crippen molar-refractivity contribution < 1.29 is 0 Å². The van der Waals surface area contributed by atoms with Crippen LogP contribution in [-0.4, -0.2) is 9.97 Å². The molecule has 0 N–H and O–H groups in total. The van der Waals surface area contributed by atoms with Crippen LogP contribution in [0.5, 0.6) is 0 Å². The zero-order chi connectivity index (χ0) is 15.3. The van der Waals surface area contributed by atoms with Crippen LogP contribution < -0.4 is 0 Å². The third-order valence-corrected chi connectivity index (χ3v) is 3.91. The molecule has 0 bridgehead atoms. The van der Waals surface area contributed by atoms with Gasteiger partial charge in [-0.3, -0.25) is 9.97 Å². The second-order valence-electron chi connectivity index (χ2n) is 6.28. The molecule has 0 aliphatic heterocycles. The molecule has 2 nitrogen and oxygen atoms in total. The SMILES string of the molecule is C=CC(C)(CCC=C(C)C)Cc1nc(C)c(C)nc1C. The summed E-state index contributed by atoms with van der Waals surface area (Å²) in [7, 11) is 0. The van der Waals surface area contributed by atoms with Gasteiger partial charge in [-0.1, -0.05) is 24.6 Å². The van der Waals surface area contributed by atoms with Crippen molar-refractivity contribution in [2.75, 3.05) is 0 Å². The van der Waals surface area contributed by atoms with Crippen molar-refractivity contribution in [3.63, 3.8) is 0 Å². The Kier molecular flexibility index (Phi) is 5.67. The lowest BCUT2D eigenvalue weighted by molar-refractivity contribution is 0.387. The fraction of sp³-hybridized carbons (Fsp3) is 0.556. The minimum absolute atomic E-state index is 0.0765. The highest BCUT2D eigenvalue weighted by Gasteiger charge is 2.22. The molecule has 0 saturated heterocycles. The smallest absolute Gasteiger partial charge is 0.0627 e. The van der Waals surface area contributed by atoms with Crippen molar-refractivity contribution in [3.05, 3.63) is 47.1 Å². The van der Waals surface area contributed by atoms with Crippen molar-refractivity contribution in [1.82, 2.24) is 9.97 Å². The van der Waals surface area contributed by atoms with E-state index in [1.54, 1.807) is 0 Å². The Balaban J connectivity index is 2.89. The molecule has 20 heavy (non-hydrogen) atoms. The summed E-state index contributed by atoms with van der Waals surface area (Å²) in [6.45, 7) is 16.7. The van der Waals surface area contributed by atoms with Gasteiger partial charge in [-0.15, -0.1) is 6.58 Å². The molecule has 1 atom stereocenters. The van der Waals surface area contributed by atoms with Crippen LogP contribution in [-0.2, 0) is 6.42 Å². The van der Waals surface area contributed by atoms with E-state index in [0.29, 0.717) is 0 Å². The van der Waals surface area contributed by atoms with Crippen molar-refractivity contribution in [2.45, 2.75) is 60.8 Å². The lowest BCUT2D eigenvalue weighted by Crippen LogP contribution is -2.19. The second kappa shape index (κ2) is 6.83. The lowest BCUT2D eigenvalue weighted by atomic mass is 9.80. The first kappa shape index (κ1) is 16.6. The molecule has 0 aliphatic carbocycles. The maximum Gasteiger partial charge on any atom is 0.0627 e. The summed E-state index contributed by atoms with van der Waals surface area (Å²) in [6.07, 6.45) is 7.45. The van der Waals surface area contributed by atoms with E-state index < -0.39 is 0 Å². The van der Waals surface area contributed by atoms with E-state index in [4.69, 9.17) is 4.98 Å². The monoisotopic (exact) mass is 272 g/mol. The molecule has 0 spiro atoms. The largest absolute Gasteiger partial charge is 0.255 e. The Morgan fingerprint density at radius 2 is 1.70 bits per heavy atom. The van der Waals surface area contributed by atoms with Crippen molar-refractivity contribution in [1.29, 1.82) is 0 Å². The van der Waals surface area contributed by atoms with Gasteiger partial charge in [0.25, 0.3) is 0 Å². The Morgan fingerprint density at radius 1 is 1.10 bits per heavy atom. The molecule has 1 unspecified atom stereocenters. The zero-order valence-corrected chi connectivity index (χ0v) is 13.9. The van der Waals surface area contributed by atoms with Crippen molar-refractivity contribution in [2.24, 2.45) is 5.41 Å². The van der Waals surface area contributed by atoms with E-state index in [2.05, 4.69) is 44.5 Å². The van der Waals surface area contributed by atoms with Crippen LogP contribution in [0.25, 0.3) is 0 Å². The van der Waals surface area contributed by atoms with Crippen LogP contribution in [0.3, 0.4) is 0 Å². The predicted molar refractivity (Wildman–Crippen MR) is 86.9 cm³/mol. The van der Waals surface area contributed by atoms with Crippen LogP contribution in [0.2, 0.25) is 0 Å². The molecule has 110 valence electrons. The third-order valence-electron chi connectivity index (χ3n) is 3.91. The lowest BCUT2D eigenvalue weighted by Gasteiger charge is -2.26. The molecule has 2 heteroatoms. The Labute approximate surface area is 124 Å². The molecule has 1 rings (SSSR count). The van der Waals surface area contributed by atoms with Gasteiger partial charge < -0.3 is 0 Å². The van der Waals surface area contributed by atoms with E-state index in [-0.39, 0.29) is 5.41 Å². The fourth-order valence-electron chi connectivity index (χ4n) is 2.26. The summed E-state index contributed by atoms with van der Waals surface area (Å²) in [5, 5.41) is 0. The summed E-state index contributed by atoms with van der Waals surface area (Å²) >= 11 is 0. The summed E-state index contributed by atoms with van der Waals surface area (Å²) in [5.74, 6) is 0. The number of rotatable bonds is 6. The highest BCUT2D eigenvalue weighted by Crippen LogP contribution is 2.30. The zero-order valence-electron chi connectivity index (χ0n) is 13.9. The number of nitrogens with zero attached hydrogens (tertiary/aromatic N) is 2. The molecule has 0 saturated carbocycles. The van der Waals surface area contributed by atoms with E-state index in [1.165, 1.54) is 5.57 Å². The number of aromatic nitrogens is 2. The van der Waals surface area contributed by atoms with E-state index in [0.717, 1.165) is 42.0 Å². The summed E-state index contributed by atoms with van der Waals surface area (Å²) < 4.78 is 0. The highest BCUT2D eigenvalue weighted by atomic mass is 14.8. The average molecular weight is 272 g/mol. The molecular weight excluding hydrogens is 244 g/mol. The molecule has 0 amide bonds. The van der Waals surface area contributed by atoms with E-state index >= 15 is 0 Å².